The van der Waals surface area contributed by atoms with E-state index in [0.717, 1.165) is 5.56 Å². The standard InChI is InChI=1S/C20H17FN2O2/c1-13-12-14(22)6-9-18(13)23-20(24)11-8-15-7-10-19(25-15)16-4-2-3-5-17(16)21/h2-12H,22H2,1H3,(H,23,24)/b11-8+. The van der Waals surface area contributed by atoms with Crippen LogP contribution in [0.3, 0.4) is 0 Å². The van der Waals surface area contributed by atoms with Crippen LogP contribution in [0.1, 0.15) is 11.3 Å². The van der Waals surface area contributed by atoms with E-state index in [0.29, 0.717) is 28.5 Å². The van der Waals surface area contributed by atoms with E-state index in [1.54, 1.807) is 48.5 Å². The van der Waals surface area contributed by atoms with E-state index in [9.17, 15) is 9.18 Å². The van der Waals surface area contributed by atoms with Crippen LogP contribution in [0.25, 0.3) is 17.4 Å². The van der Waals surface area contributed by atoms with Crippen molar-refractivity contribution >= 4 is 23.4 Å². The monoisotopic (exact) mass is 336 g/mol. The first-order chi connectivity index (χ1) is 12.0. The molecule has 1 aromatic heterocycles. The Kier molecular flexibility index (Phi) is 4.66. The summed E-state index contributed by atoms with van der Waals surface area (Å²) >= 11 is 0. The Morgan fingerprint density at radius 2 is 1.96 bits per heavy atom. The number of carbonyl (C=O) groups excluding carboxylic acids is 1. The number of benzene rings is 2. The van der Waals surface area contributed by atoms with Gasteiger partial charge in [0.15, 0.2) is 0 Å². The Morgan fingerprint density at radius 1 is 1.16 bits per heavy atom. The minimum absolute atomic E-state index is 0.295. The molecule has 126 valence electrons. The van der Waals surface area contributed by atoms with Gasteiger partial charge in [-0.2, -0.15) is 0 Å². The van der Waals surface area contributed by atoms with Gasteiger partial charge in [-0.3, -0.25) is 4.79 Å². The van der Waals surface area contributed by atoms with Crippen molar-refractivity contribution in [2.24, 2.45) is 0 Å². The van der Waals surface area contributed by atoms with Crippen LogP contribution in [0, 0.1) is 12.7 Å². The molecule has 1 heterocycles. The Hall–Kier alpha value is -3.34. The molecule has 0 aliphatic rings. The second-order valence-corrected chi connectivity index (χ2v) is 5.58. The molecular formula is C20H17FN2O2. The second kappa shape index (κ2) is 7.05. The third kappa shape index (κ3) is 3.95. The molecule has 1 amide bonds. The number of nitrogens with one attached hydrogen (secondary N) is 1. The number of carbonyl (C=O) groups is 1. The second-order valence-electron chi connectivity index (χ2n) is 5.58. The first-order valence-electron chi connectivity index (χ1n) is 7.73. The average Bonchev–Trinajstić information content (AvgIpc) is 3.05. The molecule has 2 aromatic carbocycles. The highest BCUT2D eigenvalue weighted by atomic mass is 19.1. The normalized spacial score (nSPS) is 11.0. The van der Waals surface area contributed by atoms with Crippen molar-refractivity contribution in [1.82, 2.24) is 0 Å². The van der Waals surface area contributed by atoms with E-state index in [1.165, 1.54) is 18.2 Å². The molecule has 0 aliphatic heterocycles. The molecule has 0 fully saturated rings. The smallest absolute Gasteiger partial charge is 0.248 e. The fourth-order valence-electron chi connectivity index (χ4n) is 2.41. The highest BCUT2D eigenvalue weighted by molar-refractivity contribution is 6.02. The fraction of sp³-hybridized carbons (Fsp3) is 0.0500. The van der Waals surface area contributed by atoms with Gasteiger partial charge in [0.2, 0.25) is 5.91 Å². The fourth-order valence-corrected chi connectivity index (χ4v) is 2.41. The lowest BCUT2D eigenvalue weighted by Gasteiger charge is -2.06. The van der Waals surface area contributed by atoms with E-state index < -0.39 is 0 Å². The van der Waals surface area contributed by atoms with E-state index in [2.05, 4.69) is 5.32 Å². The van der Waals surface area contributed by atoms with Gasteiger partial charge in [0.1, 0.15) is 17.3 Å². The Morgan fingerprint density at radius 3 is 2.72 bits per heavy atom. The number of nitrogens with two attached hydrogens (primary N) is 1. The lowest BCUT2D eigenvalue weighted by Crippen LogP contribution is -2.09. The van der Waals surface area contributed by atoms with Crippen molar-refractivity contribution in [3.63, 3.8) is 0 Å². The molecule has 0 spiro atoms. The number of halogens is 1. The van der Waals surface area contributed by atoms with Crippen LogP contribution in [-0.4, -0.2) is 5.91 Å². The Labute approximate surface area is 144 Å². The summed E-state index contributed by atoms with van der Waals surface area (Å²) in [4.78, 5) is 12.0. The van der Waals surface area contributed by atoms with Gasteiger partial charge in [0.05, 0.1) is 5.56 Å². The van der Waals surface area contributed by atoms with Crippen molar-refractivity contribution in [3.8, 4) is 11.3 Å². The van der Waals surface area contributed by atoms with Gasteiger partial charge < -0.3 is 15.5 Å². The van der Waals surface area contributed by atoms with Gasteiger partial charge in [0.25, 0.3) is 0 Å². The van der Waals surface area contributed by atoms with Crippen molar-refractivity contribution in [2.45, 2.75) is 6.92 Å². The lowest BCUT2D eigenvalue weighted by molar-refractivity contribution is -0.111. The molecule has 3 N–H and O–H groups in total. The zero-order valence-electron chi connectivity index (χ0n) is 13.6. The molecule has 0 saturated carbocycles. The zero-order chi connectivity index (χ0) is 17.8. The molecule has 3 aromatic rings. The summed E-state index contributed by atoms with van der Waals surface area (Å²) in [6.45, 7) is 1.86. The molecule has 5 heteroatoms. The summed E-state index contributed by atoms with van der Waals surface area (Å²) in [6, 6.07) is 15.0. The van der Waals surface area contributed by atoms with Crippen LogP contribution in [0.15, 0.2) is 65.1 Å². The Balaban J connectivity index is 1.70. The summed E-state index contributed by atoms with van der Waals surface area (Å²) in [5.41, 5.74) is 8.27. The quantitative estimate of drug-likeness (QED) is 0.539. The van der Waals surface area contributed by atoms with Crippen molar-refractivity contribution < 1.29 is 13.6 Å². The third-order valence-electron chi connectivity index (χ3n) is 3.67. The SMILES string of the molecule is Cc1cc(N)ccc1NC(=O)/C=C/c1ccc(-c2ccccc2F)o1. The molecule has 3 rings (SSSR count). The van der Waals surface area contributed by atoms with Gasteiger partial charge in [-0.15, -0.1) is 0 Å². The maximum absolute atomic E-state index is 13.8. The average molecular weight is 336 g/mol. The first-order valence-corrected chi connectivity index (χ1v) is 7.73. The van der Waals surface area contributed by atoms with Gasteiger partial charge >= 0.3 is 0 Å². The minimum atomic E-state index is -0.357. The topological polar surface area (TPSA) is 68.3 Å². The maximum Gasteiger partial charge on any atom is 0.248 e. The van der Waals surface area contributed by atoms with Crippen molar-refractivity contribution in [2.75, 3.05) is 11.1 Å². The summed E-state index contributed by atoms with van der Waals surface area (Å²) < 4.78 is 19.3. The minimum Gasteiger partial charge on any atom is -0.457 e. The predicted octanol–water partition coefficient (Wildman–Crippen LogP) is 4.63. The van der Waals surface area contributed by atoms with Crippen LogP contribution < -0.4 is 11.1 Å². The highest BCUT2D eigenvalue weighted by Gasteiger charge is 2.08. The molecule has 0 saturated heterocycles. The molecule has 0 bridgehead atoms. The van der Waals surface area contributed by atoms with Crippen molar-refractivity contribution in [1.29, 1.82) is 0 Å². The number of hydrogen-bond donors (Lipinski definition) is 2. The van der Waals surface area contributed by atoms with Crippen LogP contribution in [-0.2, 0) is 4.79 Å². The molecule has 0 radical (unpaired) electrons. The predicted molar refractivity (Wildman–Crippen MR) is 97.4 cm³/mol. The van der Waals surface area contributed by atoms with Crippen molar-refractivity contribution in [3.05, 3.63) is 77.8 Å². The van der Waals surface area contributed by atoms with E-state index in [4.69, 9.17) is 10.2 Å². The number of hydrogen-bond acceptors (Lipinski definition) is 3. The number of amides is 1. The number of nitrogen functional groups attached to an aromatic ring is 1. The molecule has 0 atom stereocenters. The zero-order valence-corrected chi connectivity index (χ0v) is 13.6. The summed E-state index contributed by atoms with van der Waals surface area (Å²) in [5, 5.41) is 2.77. The summed E-state index contributed by atoms with van der Waals surface area (Å²) in [6.07, 6.45) is 2.89. The highest BCUT2D eigenvalue weighted by Crippen LogP contribution is 2.25. The number of anilines is 2. The molecule has 4 nitrogen and oxygen atoms in total. The van der Waals surface area contributed by atoms with E-state index >= 15 is 0 Å². The van der Waals surface area contributed by atoms with Crippen LogP contribution in [0.2, 0.25) is 0 Å². The van der Waals surface area contributed by atoms with Gasteiger partial charge in [0, 0.05) is 17.5 Å². The molecule has 25 heavy (non-hydrogen) atoms. The summed E-state index contributed by atoms with van der Waals surface area (Å²) in [5.74, 6) is 0.218. The van der Waals surface area contributed by atoms with Gasteiger partial charge in [-0.05, 0) is 61.0 Å². The lowest BCUT2D eigenvalue weighted by atomic mass is 10.1. The summed E-state index contributed by atoms with van der Waals surface area (Å²) in [7, 11) is 0. The molecule has 0 aliphatic carbocycles. The Bertz CT molecular complexity index is 944. The van der Waals surface area contributed by atoms with E-state index in [-0.39, 0.29) is 11.7 Å². The maximum atomic E-state index is 13.8. The molecule has 0 unspecified atom stereocenters. The van der Waals surface area contributed by atoms with Gasteiger partial charge in [-0.1, -0.05) is 12.1 Å². The van der Waals surface area contributed by atoms with Crippen LogP contribution in [0.5, 0.6) is 0 Å². The van der Waals surface area contributed by atoms with E-state index in [1.807, 2.05) is 6.92 Å². The largest absolute Gasteiger partial charge is 0.457 e. The van der Waals surface area contributed by atoms with Gasteiger partial charge in [-0.25, -0.2) is 4.39 Å². The third-order valence-corrected chi connectivity index (χ3v) is 3.67. The molecular weight excluding hydrogens is 319 g/mol. The first kappa shape index (κ1) is 16.5. The number of rotatable bonds is 4. The van der Waals surface area contributed by atoms with Crippen LogP contribution in [0.4, 0.5) is 15.8 Å². The van der Waals surface area contributed by atoms with Crippen LogP contribution >= 0.6 is 0 Å². The number of furan rings is 1. The number of aryl methyl sites for hydroxylation is 1.